The van der Waals surface area contributed by atoms with E-state index in [1.807, 2.05) is 0 Å². The first kappa shape index (κ1) is 31.8. The SMILES string of the molecule is C=C1C[C@H]2[C@@H](C(=C[C@H](C[C@H](C)CCCC)C(C)(C)C)O[SiH](C)C)[C@H](C(C)(C)C)C[C@@]2(O[SiH](C)C)C1O. The predicted octanol–water partition coefficient (Wildman–Crippen LogP) is 8.11. The highest BCUT2D eigenvalue weighted by Gasteiger charge is 2.65. The number of unbranched alkanes of at least 4 members (excludes halogenated alkanes) is 1. The summed E-state index contributed by atoms with van der Waals surface area (Å²) < 4.78 is 13.8. The molecule has 210 valence electrons. The van der Waals surface area contributed by atoms with E-state index >= 15 is 0 Å². The van der Waals surface area contributed by atoms with Crippen LogP contribution in [0.15, 0.2) is 24.0 Å². The van der Waals surface area contributed by atoms with Crippen LogP contribution in [0.25, 0.3) is 0 Å². The van der Waals surface area contributed by atoms with E-state index < -0.39 is 29.8 Å². The third-order valence-electron chi connectivity index (χ3n) is 8.82. The van der Waals surface area contributed by atoms with Crippen molar-refractivity contribution >= 4 is 18.1 Å². The quantitative estimate of drug-likeness (QED) is 0.165. The zero-order chi connectivity index (χ0) is 27.6. The summed E-state index contributed by atoms with van der Waals surface area (Å²) in [5, 5.41) is 11.5. The number of aliphatic hydroxyl groups is 1. The molecule has 0 aromatic rings. The number of rotatable bonds is 11. The van der Waals surface area contributed by atoms with Gasteiger partial charge in [-0.05, 0) is 85.7 Å². The zero-order valence-corrected chi connectivity index (χ0v) is 28.2. The second kappa shape index (κ2) is 12.2. The van der Waals surface area contributed by atoms with Gasteiger partial charge in [0.05, 0.1) is 11.4 Å². The highest BCUT2D eigenvalue weighted by Crippen LogP contribution is 2.63. The fourth-order valence-electron chi connectivity index (χ4n) is 6.92. The molecular weight excluding hydrogens is 477 g/mol. The van der Waals surface area contributed by atoms with Gasteiger partial charge in [-0.1, -0.05) is 81.2 Å². The summed E-state index contributed by atoms with van der Waals surface area (Å²) in [6, 6.07) is 0. The van der Waals surface area contributed by atoms with Crippen LogP contribution in [0.5, 0.6) is 0 Å². The Hall–Kier alpha value is -0.366. The lowest BCUT2D eigenvalue weighted by atomic mass is 9.70. The van der Waals surface area contributed by atoms with Crippen molar-refractivity contribution in [2.75, 3.05) is 0 Å². The Morgan fingerprint density at radius 1 is 1.14 bits per heavy atom. The van der Waals surface area contributed by atoms with E-state index in [1.54, 1.807) is 0 Å². The van der Waals surface area contributed by atoms with Crippen LogP contribution in [-0.2, 0) is 8.85 Å². The molecule has 0 radical (unpaired) electrons. The third-order valence-corrected chi connectivity index (χ3v) is 10.5. The molecule has 2 fully saturated rings. The molecule has 1 unspecified atom stereocenters. The molecule has 0 aromatic heterocycles. The molecule has 3 nitrogen and oxygen atoms in total. The first-order valence-corrected chi connectivity index (χ1v) is 20.4. The van der Waals surface area contributed by atoms with Crippen molar-refractivity contribution in [3.8, 4) is 0 Å². The van der Waals surface area contributed by atoms with E-state index in [0.717, 1.165) is 18.4 Å². The molecule has 2 rings (SSSR count). The van der Waals surface area contributed by atoms with Crippen molar-refractivity contribution in [3.05, 3.63) is 24.0 Å². The van der Waals surface area contributed by atoms with Crippen molar-refractivity contribution < 1.29 is 14.0 Å². The Kier molecular flexibility index (Phi) is 10.8. The number of allylic oxidation sites excluding steroid dienone is 2. The van der Waals surface area contributed by atoms with Crippen LogP contribution in [0.3, 0.4) is 0 Å². The average molecular weight is 537 g/mol. The van der Waals surface area contributed by atoms with Crippen molar-refractivity contribution in [1.29, 1.82) is 0 Å². The topological polar surface area (TPSA) is 38.7 Å². The van der Waals surface area contributed by atoms with Crippen molar-refractivity contribution in [1.82, 2.24) is 0 Å². The summed E-state index contributed by atoms with van der Waals surface area (Å²) in [5.74, 6) is 3.26. The second-order valence-corrected chi connectivity index (χ2v) is 19.6. The first-order chi connectivity index (χ1) is 16.4. The molecule has 0 aromatic carbocycles. The van der Waals surface area contributed by atoms with Gasteiger partial charge in [0.1, 0.15) is 6.10 Å². The van der Waals surface area contributed by atoms with Gasteiger partial charge in [0.15, 0.2) is 9.04 Å². The largest absolute Gasteiger partial charge is 0.550 e. The van der Waals surface area contributed by atoms with E-state index in [1.165, 1.54) is 31.4 Å². The Bertz CT molecular complexity index is 761. The molecule has 36 heavy (non-hydrogen) atoms. The maximum atomic E-state index is 11.5. The molecule has 0 saturated heterocycles. The summed E-state index contributed by atoms with van der Waals surface area (Å²) in [7, 11) is -2.72. The number of fused-ring (bicyclic) bond motifs is 1. The number of hydrogen-bond donors (Lipinski definition) is 1. The summed E-state index contributed by atoms with van der Waals surface area (Å²) in [6.07, 6.45) is 8.77. The van der Waals surface area contributed by atoms with E-state index in [9.17, 15) is 5.11 Å². The molecule has 0 spiro atoms. The Balaban J connectivity index is 2.63. The van der Waals surface area contributed by atoms with Gasteiger partial charge in [-0.3, -0.25) is 0 Å². The van der Waals surface area contributed by atoms with Gasteiger partial charge < -0.3 is 14.0 Å². The van der Waals surface area contributed by atoms with Crippen LogP contribution in [0.4, 0.5) is 0 Å². The molecule has 1 N–H and O–H groups in total. The second-order valence-electron chi connectivity index (χ2n) is 14.9. The maximum absolute atomic E-state index is 11.5. The van der Waals surface area contributed by atoms with E-state index in [-0.39, 0.29) is 22.7 Å². The highest BCUT2D eigenvalue weighted by molar-refractivity contribution is 6.49. The lowest BCUT2D eigenvalue weighted by molar-refractivity contribution is -0.0455. The minimum absolute atomic E-state index is 0.0948. The minimum Gasteiger partial charge on any atom is -0.550 e. The highest BCUT2D eigenvalue weighted by atomic mass is 28.3. The molecule has 2 aliphatic rings. The van der Waals surface area contributed by atoms with Gasteiger partial charge >= 0.3 is 0 Å². The smallest absolute Gasteiger partial charge is 0.229 e. The molecule has 0 aliphatic heterocycles. The number of aliphatic hydroxyl groups excluding tert-OH is 1. The van der Waals surface area contributed by atoms with Gasteiger partial charge in [0.25, 0.3) is 0 Å². The molecule has 7 atom stereocenters. The normalized spacial score (nSPS) is 31.3. The lowest BCUT2D eigenvalue weighted by Gasteiger charge is -2.38. The third kappa shape index (κ3) is 7.39. The van der Waals surface area contributed by atoms with Gasteiger partial charge in [-0.2, -0.15) is 0 Å². The van der Waals surface area contributed by atoms with Crippen LogP contribution < -0.4 is 0 Å². The minimum atomic E-state index is -1.38. The van der Waals surface area contributed by atoms with Crippen LogP contribution in [0.1, 0.15) is 93.9 Å². The first-order valence-electron chi connectivity index (χ1n) is 14.9. The van der Waals surface area contributed by atoms with E-state index in [0.29, 0.717) is 17.8 Å². The monoisotopic (exact) mass is 536 g/mol. The fourth-order valence-corrected chi connectivity index (χ4v) is 8.97. The molecular formula is C31H60O3Si2. The lowest BCUT2D eigenvalue weighted by Crippen LogP contribution is -2.47. The maximum Gasteiger partial charge on any atom is 0.229 e. The van der Waals surface area contributed by atoms with Gasteiger partial charge in [-0.25, -0.2) is 0 Å². The van der Waals surface area contributed by atoms with Crippen molar-refractivity contribution in [2.24, 2.45) is 40.4 Å². The molecule has 0 amide bonds. The Labute approximate surface area is 228 Å². The molecule has 5 heteroatoms. The summed E-state index contributed by atoms with van der Waals surface area (Å²) in [4.78, 5) is 0. The summed E-state index contributed by atoms with van der Waals surface area (Å²) in [6.45, 7) is 32.4. The van der Waals surface area contributed by atoms with Crippen molar-refractivity contribution in [3.63, 3.8) is 0 Å². The summed E-state index contributed by atoms with van der Waals surface area (Å²) >= 11 is 0. The fraction of sp³-hybridized carbons (Fsp3) is 0.871. The van der Waals surface area contributed by atoms with Crippen LogP contribution >= 0.6 is 0 Å². The van der Waals surface area contributed by atoms with Crippen LogP contribution in [0, 0.1) is 40.4 Å². The number of hydrogen-bond acceptors (Lipinski definition) is 3. The molecule has 0 heterocycles. The zero-order valence-electron chi connectivity index (χ0n) is 25.9. The summed E-state index contributed by atoms with van der Waals surface area (Å²) in [5.41, 5.74) is 0.707. The van der Waals surface area contributed by atoms with Crippen LogP contribution in [0.2, 0.25) is 26.2 Å². The molecule has 2 aliphatic carbocycles. The van der Waals surface area contributed by atoms with E-state index in [2.05, 4.69) is 94.2 Å². The Morgan fingerprint density at radius 3 is 2.22 bits per heavy atom. The predicted molar refractivity (Wildman–Crippen MR) is 161 cm³/mol. The molecule has 0 bridgehead atoms. The van der Waals surface area contributed by atoms with Gasteiger partial charge in [0, 0.05) is 11.8 Å². The molecule has 2 saturated carbocycles. The van der Waals surface area contributed by atoms with Crippen molar-refractivity contribution in [2.45, 2.75) is 132 Å². The average Bonchev–Trinajstić information content (AvgIpc) is 3.14. The van der Waals surface area contributed by atoms with E-state index in [4.69, 9.17) is 8.85 Å². The van der Waals surface area contributed by atoms with Gasteiger partial charge in [-0.15, -0.1) is 0 Å². The van der Waals surface area contributed by atoms with Gasteiger partial charge in [0.2, 0.25) is 9.04 Å². The Morgan fingerprint density at radius 2 is 1.75 bits per heavy atom. The standard InChI is InChI=1S/C31H60O3Si2/c1-14-15-16-21(2)17-23(29(4,5)6)19-26(33-35(10)11)27-24-18-22(3)28(32)31(24,34-36(12)13)20-25(27)30(7,8)9/h19,21,23-25,27-28,32,35-36H,3,14-18,20H2,1-2,4-13H3/t21-,23+,24+,25-,27-,28?,31+/m1/s1. The van der Waals surface area contributed by atoms with Crippen LogP contribution in [-0.4, -0.2) is 34.9 Å².